The Morgan fingerprint density at radius 1 is 1.11 bits per heavy atom. The van der Waals surface area contributed by atoms with Crippen LogP contribution in [0.5, 0.6) is 11.5 Å². The highest BCUT2D eigenvalue weighted by atomic mass is 16.5. The molecule has 1 fully saturated rings. The number of carbonyl (C=O) groups is 1. The fourth-order valence-electron chi connectivity index (χ4n) is 3.38. The third-order valence-electron chi connectivity index (χ3n) is 4.96. The van der Waals surface area contributed by atoms with Gasteiger partial charge in [-0.25, -0.2) is 0 Å². The van der Waals surface area contributed by atoms with Gasteiger partial charge in [0, 0.05) is 23.2 Å². The van der Waals surface area contributed by atoms with E-state index >= 15 is 0 Å². The lowest BCUT2D eigenvalue weighted by Gasteiger charge is -2.24. The summed E-state index contributed by atoms with van der Waals surface area (Å²) < 4.78 is 10.8. The number of hydrogen-bond acceptors (Lipinski definition) is 4. The Morgan fingerprint density at radius 2 is 1.93 bits per heavy atom. The summed E-state index contributed by atoms with van der Waals surface area (Å²) in [5.74, 6) is 1.54. The minimum Gasteiger partial charge on any atom is -0.497 e. The number of methoxy groups -OCH3 is 2. The van der Waals surface area contributed by atoms with Crippen molar-refractivity contribution in [2.75, 3.05) is 14.2 Å². The van der Waals surface area contributed by atoms with E-state index < -0.39 is 0 Å². The van der Waals surface area contributed by atoms with Gasteiger partial charge in [0.1, 0.15) is 11.5 Å². The van der Waals surface area contributed by atoms with Crippen LogP contribution in [0.15, 0.2) is 54.7 Å². The SMILES string of the molecule is COc1ccc(OC)c(CN(C(=O)c2ccnc3ccccc23)C2CC2)c1. The molecule has 1 aromatic heterocycles. The Morgan fingerprint density at radius 3 is 2.67 bits per heavy atom. The topological polar surface area (TPSA) is 51.7 Å². The van der Waals surface area contributed by atoms with Crippen LogP contribution in [0, 0.1) is 0 Å². The zero-order valence-electron chi connectivity index (χ0n) is 15.5. The van der Waals surface area contributed by atoms with Gasteiger partial charge in [-0.2, -0.15) is 0 Å². The van der Waals surface area contributed by atoms with Crippen LogP contribution < -0.4 is 9.47 Å². The van der Waals surface area contributed by atoms with E-state index in [4.69, 9.17) is 9.47 Å². The standard InChI is InChI=1S/C22H22N2O3/c1-26-17-9-10-21(27-2)15(13-17)14-24(16-7-8-16)22(25)19-11-12-23-20-6-4-3-5-18(19)20/h3-6,9-13,16H,7-8,14H2,1-2H3. The van der Waals surface area contributed by atoms with Crippen LogP contribution in [0.1, 0.15) is 28.8 Å². The number of fused-ring (bicyclic) bond motifs is 1. The number of nitrogens with zero attached hydrogens (tertiary/aromatic N) is 2. The Hall–Kier alpha value is -3.08. The molecule has 0 unspecified atom stereocenters. The molecule has 5 nitrogen and oxygen atoms in total. The van der Waals surface area contributed by atoms with Crippen molar-refractivity contribution in [3.05, 3.63) is 65.9 Å². The van der Waals surface area contributed by atoms with E-state index in [0.717, 1.165) is 40.8 Å². The van der Waals surface area contributed by atoms with Crippen molar-refractivity contribution >= 4 is 16.8 Å². The van der Waals surface area contributed by atoms with Crippen molar-refractivity contribution in [3.8, 4) is 11.5 Å². The summed E-state index contributed by atoms with van der Waals surface area (Å²) in [6.45, 7) is 0.487. The van der Waals surface area contributed by atoms with Crippen LogP contribution in [-0.2, 0) is 6.54 Å². The quantitative estimate of drug-likeness (QED) is 0.664. The average Bonchev–Trinajstić information content (AvgIpc) is 3.56. The van der Waals surface area contributed by atoms with Crippen molar-refractivity contribution in [3.63, 3.8) is 0 Å². The summed E-state index contributed by atoms with van der Waals surface area (Å²) in [5, 5.41) is 0.883. The highest BCUT2D eigenvalue weighted by molar-refractivity contribution is 6.06. The summed E-state index contributed by atoms with van der Waals surface area (Å²) in [6, 6.07) is 15.5. The summed E-state index contributed by atoms with van der Waals surface area (Å²) in [4.78, 5) is 19.7. The molecule has 0 N–H and O–H groups in total. The van der Waals surface area contributed by atoms with E-state index in [1.54, 1.807) is 20.4 Å². The first-order chi connectivity index (χ1) is 13.2. The molecule has 1 heterocycles. The Balaban J connectivity index is 1.70. The van der Waals surface area contributed by atoms with Crippen LogP contribution in [0.25, 0.3) is 10.9 Å². The monoisotopic (exact) mass is 362 g/mol. The summed E-state index contributed by atoms with van der Waals surface area (Å²) in [6.07, 6.45) is 3.76. The molecule has 27 heavy (non-hydrogen) atoms. The third-order valence-corrected chi connectivity index (χ3v) is 4.96. The van der Waals surface area contributed by atoms with Gasteiger partial charge in [-0.3, -0.25) is 9.78 Å². The maximum Gasteiger partial charge on any atom is 0.255 e. The largest absolute Gasteiger partial charge is 0.497 e. The Kier molecular flexibility index (Phi) is 4.67. The smallest absolute Gasteiger partial charge is 0.255 e. The highest BCUT2D eigenvalue weighted by Crippen LogP contribution is 2.33. The summed E-state index contributed by atoms with van der Waals surface area (Å²) in [5.41, 5.74) is 2.46. The average molecular weight is 362 g/mol. The molecule has 3 aromatic rings. The maximum atomic E-state index is 13.4. The number of benzene rings is 2. The lowest BCUT2D eigenvalue weighted by Crippen LogP contribution is -2.33. The van der Waals surface area contributed by atoms with E-state index in [-0.39, 0.29) is 11.9 Å². The lowest BCUT2D eigenvalue weighted by atomic mass is 10.1. The first-order valence-corrected chi connectivity index (χ1v) is 9.07. The lowest BCUT2D eigenvalue weighted by molar-refractivity contribution is 0.0730. The van der Waals surface area contributed by atoms with Gasteiger partial charge in [0.25, 0.3) is 5.91 Å². The molecule has 0 spiro atoms. The number of hydrogen-bond donors (Lipinski definition) is 0. The number of carbonyl (C=O) groups excluding carboxylic acids is 1. The minimum atomic E-state index is 0.0287. The van der Waals surface area contributed by atoms with Gasteiger partial charge in [0.2, 0.25) is 0 Å². The predicted octanol–water partition coefficient (Wildman–Crippen LogP) is 4.06. The molecule has 1 amide bonds. The van der Waals surface area contributed by atoms with Gasteiger partial charge in [-0.15, -0.1) is 0 Å². The van der Waals surface area contributed by atoms with Gasteiger partial charge in [0.15, 0.2) is 0 Å². The summed E-state index contributed by atoms with van der Waals surface area (Å²) >= 11 is 0. The van der Waals surface area contributed by atoms with E-state index in [1.807, 2.05) is 53.4 Å². The van der Waals surface area contributed by atoms with Crippen LogP contribution in [0.4, 0.5) is 0 Å². The van der Waals surface area contributed by atoms with Crippen molar-refractivity contribution in [1.29, 1.82) is 0 Å². The Bertz CT molecular complexity index is 977. The summed E-state index contributed by atoms with van der Waals surface area (Å²) in [7, 11) is 3.28. The molecule has 138 valence electrons. The molecule has 1 aliphatic carbocycles. The van der Waals surface area contributed by atoms with Gasteiger partial charge in [-0.1, -0.05) is 18.2 Å². The zero-order chi connectivity index (χ0) is 18.8. The second-order valence-corrected chi connectivity index (χ2v) is 6.72. The number of para-hydroxylation sites is 1. The fourth-order valence-corrected chi connectivity index (χ4v) is 3.38. The molecule has 0 saturated heterocycles. The first-order valence-electron chi connectivity index (χ1n) is 9.07. The second kappa shape index (κ2) is 7.27. The molecule has 4 rings (SSSR count). The number of pyridine rings is 1. The fraction of sp³-hybridized carbons (Fsp3) is 0.273. The zero-order valence-corrected chi connectivity index (χ0v) is 15.5. The highest BCUT2D eigenvalue weighted by Gasteiger charge is 2.34. The number of rotatable bonds is 6. The van der Waals surface area contributed by atoms with E-state index in [9.17, 15) is 4.79 Å². The normalized spacial score (nSPS) is 13.4. The van der Waals surface area contributed by atoms with Crippen molar-refractivity contribution < 1.29 is 14.3 Å². The molecule has 1 aliphatic rings. The number of amides is 1. The maximum absolute atomic E-state index is 13.4. The molecule has 0 aliphatic heterocycles. The van der Waals surface area contributed by atoms with E-state index in [2.05, 4.69) is 4.98 Å². The van der Waals surface area contributed by atoms with Crippen LogP contribution in [0.3, 0.4) is 0 Å². The van der Waals surface area contributed by atoms with Crippen LogP contribution in [0.2, 0.25) is 0 Å². The van der Waals surface area contributed by atoms with E-state index in [1.165, 1.54) is 0 Å². The molecule has 0 atom stereocenters. The Labute approximate surface area is 158 Å². The minimum absolute atomic E-state index is 0.0287. The molecular weight excluding hydrogens is 340 g/mol. The van der Waals surface area contributed by atoms with Gasteiger partial charge in [-0.05, 0) is 43.2 Å². The van der Waals surface area contributed by atoms with Gasteiger partial charge >= 0.3 is 0 Å². The third kappa shape index (κ3) is 3.45. The van der Waals surface area contributed by atoms with E-state index in [0.29, 0.717) is 12.1 Å². The van der Waals surface area contributed by atoms with Crippen LogP contribution >= 0.6 is 0 Å². The second-order valence-electron chi connectivity index (χ2n) is 6.72. The van der Waals surface area contributed by atoms with Crippen LogP contribution in [-0.4, -0.2) is 36.1 Å². The number of aromatic nitrogens is 1. The first kappa shape index (κ1) is 17.3. The van der Waals surface area contributed by atoms with Crippen molar-refractivity contribution in [2.24, 2.45) is 0 Å². The molecule has 1 saturated carbocycles. The molecular formula is C22H22N2O3. The molecule has 2 aromatic carbocycles. The molecule has 0 radical (unpaired) electrons. The number of ether oxygens (including phenoxy) is 2. The van der Waals surface area contributed by atoms with Gasteiger partial charge in [0.05, 0.1) is 31.8 Å². The predicted molar refractivity (Wildman–Crippen MR) is 104 cm³/mol. The molecule has 5 heteroatoms. The molecule has 0 bridgehead atoms. The van der Waals surface area contributed by atoms with Gasteiger partial charge < -0.3 is 14.4 Å². The van der Waals surface area contributed by atoms with Crippen molar-refractivity contribution in [2.45, 2.75) is 25.4 Å². The van der Waals surface area contributed by atoms with Crippen molar-refractivity contribution in [1.82, 2.24) is 9.88 Å².